The second-order valence-electron chi connectivity index (χ2n) is 27.3. The van der Waals surface area contributed by atoms with Gasteiger partial charge in [-0.05, 0) is 180 Å². The molecule has 17 nitrogen and oxygen atoms in total. The third kappa shape index (κ3) is 81.6. The lowest BCUT2D eigenvalue weighted by molar-refractivity contribution is -0.161. The largest absolute Gasteiger partial charge is 0.472 e. The minimum Gasteiger partial charge on any atom is -0.462 e. The molecular weight excluding hydrogens is 1450 g/mol. The number of esters is 4. The molecule has 0 aromatic heterocycles. The predicted molar refractivity (Wildman–Crippen MR) is 463 cm³/mol. The van der Waals surface area contributed by atoms with Crippen molar-refractivity contribution in [3.05, 3.63) is 207 Å². The van der Waals surface area contributed by atoms with Crippen molar-refractivity contribution >= 4 is 39.5 Å². The zero-order chi connectivity index (χ0) is 81.7. The van der Waals surface area contributed by atoms with Crippen LogP contribution in [0.4, 0.5) is 0 Å². The summed E-state index contributed by atoms with van der Waals surface area (Å²) >= 11 is 0. The zero-order valence-electron chi connectivity index (χ0n) is 69.3. The van der Waals surface area contributed by atoms with E-state index in [9.17, 15) is 43.2 Å². The Labute approximate surface area is 678 Å². The molecule has 0 amide bonds. The van der Waals surface area contributed by atoms with Crippen LogP contribution in [-0.2, 0) is 65.4 Å². The van der Waals surface area contributed by atoms with Crippen molar-refractivity contribution in [1.82, 2.24) is 0 Å². The number of aliphatic hydroxyl groups is 1. The molecule has 0 heterocycles. The molecule has 0 radical (unpaired) electrons. The molecular formula is C93H148O17P2. The quantitative estimate of drug-likeness (QED) is 0.0169. The average molecular weight is 1600 g/mol. The van der Waals surface area contributed by atoms with E-state index in [-0.39, 0.29) is 25.7 Å². The van der Waals surface area contributed by atoms with Crippen LogP contribution in [0.3, 0.4) is 0 Å². The summed E-state index contributed by atoms with van der Waals surface area (Å²) in [5.74, 6) is -2.36. The lowest BCUT2D eigenvalue weighted by atomic mass is 10.1. The van der Waals surface area contributed by atoms with E-state index >= 15 is 0 Å². The number of ether oxygens (including phenoxy) is 4. The summed E-state index contributed by atoms with van der Waals surface area (Å²) in [6.07, 6.45) is 104. The van der Waals surface area contributed by atoms with Crippen molar-refractivity contribution in [3.8, 4) is 0 Å². The first kappa shape index (κ1) is 106. The maximum atomic E-state index is 13.2. The number of carbonyl (C=O) groups excluding carboxylic acids is 4. The van der Waals surface area contributed by atoms with Gasteiger partial charge in [0.25, 0.3) is 0 Å². The summed E-state index contributed by atoms with van der Waals surface area (Å²) in [7, 11) is -10.0. The Balaban J connectivity index is 5.53. The summed E-state index contributed by atoms with van der Waals surface area (Å²) < 4.78 is 68.7. The maximum Gasteiger partial charge on any atom is 0.472 e. The first-order valence-electron chi connectivity index (χ1n) is 42.3. The predicted octanol–water partition coefficient (Wildman–Crippen LogP) is 25.4. The molecule has 0 spiro atoms. The molecule has 0 saturated carbocycles. The molecule has 0 fully saturated rings. The minimum absolute atomic E-state index is 0.0234. The van der Waals surface area contributed by atoms with Gasteiger partial charge in [-0.25, -0.2) is 9.13 Å². The van der Waals surface area contributed by atoms with Crippen LogP contribution in [0.1, 0.15) is 297 Å². The van der Waals surface area contributed by atoms with Crippen molar-refractivity contribution in [2.24, 2.45) is 0 Å². The number of hydrogen-bond donors (Lipinski definition) is 3. The summed E-state index contributed by atoms with van der Waals surface area (Å²) in [4.78, 5) is 73.2. The zero-order valence-corrected chi connectivity index (χ0v) is 71.0. The second-order valence-corrected chi connectivity index (χ2v) is 30.2. The first-order valence-corrected chi connectivity index (χ1v) is 45.3. The topological polar surface area (TPSA) is 237 Å². The highest BCUT2D eigenvalue weighted by Crippen LogP contribution is 2.45. The molecule has 5 unspecified atom stereocenters. The Morgan fingerprint density at radius 1 is 0.259 bits per heavy atom. The number of hydrogen-bond acceptors (Lipinski definition) is 15. The fourth-order valence-corrected chi connectivity index (χ4v) is 12.0. The van der Waals surface area contributed by atoms with E-state index in [1.807, 2.05) is 18.2 Å². The molecule has 5 atom stereocenters. The third-order valence-corrected chi connectivity index (χ3v) is 18.6. The SMILES string of the molecule is CC/C=C\C/C=C\C/C=C\C/C=C\C/C=C\C/C=C\CCC(=O)OCC(COP(=O)(O)OCC(O)COP(=O)(O)OCC(COC(=O)CCCCC/C=C\C/C=C\C/C=C\C/C=C\C/C=C\CC)OC(=O)CCCCCCCC/C=C\C/C=C\C/C=C\CCCCC)OC(=O)CCCCCCC/C=C\C/C=C\C/C=C\CC. The number of aliphatic hydroxyl groups excluding tert-OH is 1. The smallest absolute Gasteiger partial charge is 0.462 e. The van der Waals surface area contributed by atoms with Crippen molar-refractivity contribution in [3.63, 3.8) is 0 Å². The van der Waals surface area contributed by atoms with Crippen molar-refractivity contribution < 1.29 is 80.2 Å². The van der Waals surface area contributed by atoms with E-state index in [1.165, 1.54) is 19.3 Å². The minimum atomic E-state index is -5.02. The van der Waals surface area contributed by atoms with Gasteiger partial charge in [0.1, 0.15) is 19.3 Å². The molecule has 0 aliphatic carbocycles. The van der Waals surface area contributed by atoms with Crippen LogP contribution in [0.5, 0.6) is 0 Å². The summed E-state index contributed by atoms with van der Waals surface area (Å²) in [5.41, 5.74) is 0. The Morgan fingerprint density at radius 2 is 0.482 bits per heavy atom. The molecule has 112 heavy (non-hydrogen) atoms. The standard InChI is InChI=1S/C93H148O17P2/c1-5-9-13-17-21-25-29-33-37-40-43-46-50-53-57-61-65-69-73-77-90(95)103-83-88(109-92(97)79-75-71-67-63-59-55-49-36-32-28-24-20-16-12-8-4)85-107-111(99,100)105-81-87(94)82-106-112(101,102)108-86-89(110-93(98)80-76-72-68-64-60-56-52-48-45-42-39-35-31-27-23-19-15-11-7-3)84-104-91(96)78-74-70-66-62-58-54-51-47-44-41-38-34-30-26-22-18-14-10-6-2/h9-10,12-14,16,21-28,33-39,43-49,53-54,57-58,65,69,87-89,94H,5-8,11,15,17-20,29-32,40-42,50-52,55-56,59-64,66-68,70-86H2,1-4H3,(H,99,100)(H,101,102)/b13-9-,14-10-,16-12-,25-21-,26-22-,27-23-,28-24-,37-33-,38-34-,39-35-,46-43-,47-44-,48-45-,49-36-,57-53-,58-54-,69-65-. The van der Waals surface area contributed by atoms with Crippen LogP contribution >= 0.6 is 15.6 Å². The van der Waals surface area contributed by atoms with E-state index in [0.717, 1.165) is 193 Å². The van der Waals surface area contributed by atoms with Crippen molar-refractivity contribution in [1.29, 1.82) is 0 Å². The summed E-state index contributed by atoms with van der Waals surface area (Å²) in [5, 5.41) is 10.7. The Hall–Kier alpha value is -6.36. The van der Waals surface area contributed by atoms with Crippen LogP contribution in [0.2, 0.25) is 0 Å². The van der Waals surface area contributed by atoms with Crippen LogP contribution in [0.25, 0.3) is 0 Å². The molecule has 0 aromatic rings. The van der Waals surface area contributed by atoms with Gasteiger partial charge in [0, 0.05) is 25.7 Å². The summed E-state index contributed by atoms with van der Waals surface area (Å²) in [6, 6.07) is 0. The second kappa shape index (κ2) is 82.6. The van der Waals surface area contributed by atoms with Crippen LogP contribution in [0, 0.1) is 0 Å². The molecule has 632 valence electrons. The Kier molecular flexibility index (Phi) is 77.9. The monoisotopic (exact) mass is 1600 g/mol. The van der Waals surface area contributed by atoms with Gasteiger partial charge < -0.3 is 33.8 Å². The van der Waals surface area contributed by atoms with Gasteiger partial charge in [-0.2, -0.15) is 0 Å². The normalized spacial score (nSPS) is 14.8. The number of rotatable bonds is 77. The lowest BCUT2D eigenvalue weighted by Crippen LogP contribution is -2.30. The Morgan fingerprint density at radius 3 is 0.777 bits per heavy atom. The molecule has 0 aliphatic rings. The average Bonchev–Trinajstić information content (AvgIpc) is 0.898. The highest BCUT2D eigenvalue weighted by Gasteiger charge is 2.30. The summed E-state index contributed by atoms with van der Waals surface area (Å²) in [6.45, 7) is 4.34. The Bertz CT molecular complexity index is 2940. The fourth-order valence-electron chi connectivity index (χ4n) is 10.4. The van der Waals surface area contributed by atoms with Gasteiger partial charge in [0.15, 0.2) is 12.2 Å². The number of unbranched alkanes of at least 4 members (excludes halogenated alkanes) is 17. The highest BCUT2D eigenvalue weighted by molar-refractivity contribution is 7.47. The molecule has 19 heteroatoms. The van der Waals surface area contributed by atoms with Crippen LogP contribution in [-0.4, -0.2) is 96.7 Å². The first-order chi connectivity index (χ1) is 54.7. The molecule has 0 saturated heterocycles. The molecule has 0 aliphatic heterocycles. The van der Waals surface area contributed by atoms with Gasteiger partial charge in [0.2, 0.25) is 0 Å². The molecule has 0 rings (SSSR count). The highest BCUT2D eigenvalue weighted by atomic mass is 31.2. The van der Waals surface area contributed by atoms with Crippen LogP contribution in [0.15, 0.2) is 207 Å². The maximum absolute atomic E-state index is 13.2. The number of carbonyl (C=O) groups is 4. The van der Waals surface area contributed by atoms with Gasteiger partial charge in [-0.3, -0.25) is 37.3 Å². The van der Waals surface area contributed by atoms with Crippen molar-refractivity contribution in [2.45, 2.75) is 316 Å². The number of phosphoric ester groups is 2. The number of allylic oxidation sites excluding steroid dienone is 34. The molecule has 0 aromatic carbocycles. The van der Waals surface area contributed by atoms with Gasteiger partial charge in [-0.15, -0.1) is 0 Å². The third-order valence-electron chi connectivity index (χ3n) is 16.7. The van der Waals surface area contributed by atoms with E-state index in [0.29, 0.717) is 32.1 Å². The fraction of sp³-hybridized carbons (Fsp3) is 0.591. The lowest BCUT2D eigenvalue weighted by Gasteiger charge is -2.21. The van der Waals surface area contributed by atoms with Gasteiger partial charge >= 0.3 is 39.5 Å². The molecule has 3 N–H and O–H groups in total. The van der Waals surface area contributed by atoms with E-state index < -0.39 is 97.5 Å². The molecule has 0 bridgehead atoms. The van der Waals surface area contributed by atoms with Gasteiger partial charge in [-0.1, -0.05) is 298 Å². The van der Waals surface area contributed by atoms with Crippen LogP contribution < -0.4 is 0 Å². The van der Waals surface area contributed by atoms with E-state index in [4.69, 9.17) is 37.0 Å². The van der Waals surface area contributed by atoms with E-state index in [2.05, 4.69) is 216 Å². The van der Waals surface area contributed by atoms with Crippen molar-refractivity contribution in [2.75, 3.05) is 39.6 Å². The van der Waals surface area contributed by atoms with Gasteiger partial charge in [0.05, 0.1) is 26.4 Å². The number of phosphoric acid groups is 2. The van der Waals surface area contributed by atoms with E-state index in [1.54, 1.807) is 0 Å².